The molecule has 0 bridgehead atoms. The molecule has 0 aliphatic heterocycles. The van der Waals surface area contributed by atoms with Crippen molar-refractivity contribution in [2.24, 2.45) is 0 Å². The van der Waals surface area contributed by atoms with E-state index in [0.29, 0.717) is 45.2 Å². The van der Waals surface area contributed by atoms with E-state index in [4.69, 9.17) is 35.7 Å². The lowest BCUT2D eigenvalue weighted by Crippen LogP contribution is -2.15. The van der Waals surface area contributed by atoms with Gasteiger partial charge in [0.05, 0.1) is 19.8 Å². The zero-order valence-electron chi connectivity index (χ0n) is 16.5. The second-order valence-electron chi connectivity index (χ2n) is 5.57. The molecule has 0 fully saturated rings. The first-order valence-electron chi connectivity index (χ1n) is 8.64. The summed E-state index contributed by atoms with van der Waals surface area (Å²) < 4.78 is 20.8. The van der Waals surface area contributed by atoms with E-state index < -0.39 is 25.2 Å². The van der Waals surface area contributed by atoms with Crippen LogP contribution in [0.4, 0.5) is 0 Å². The number of hydrogen-bond donors (Lipinski definition) is 1. The van der Waals surface area contributed by atoms with Crippen molar-refractivity contribution in [2.45, 2.75) is 30.7 Å². The van der Waals surface area contributed by atoms with Crippen molar-refractivity contribution >= 4 is 35.3 Å². The van der Waals surface area contributed by atoms with E-state index in [9.17, 15) is 9.59 Å². The van der Waals surface area contributed by atoms with Crippen LogP contribution in [0.15, 0.2) is 17.4 Å². The number of thioether (sulfide) groups is 1. The Morgan fingerprint density at radius 3 is 2.53 bits per heavy atom. The molecular weight excluding hydrogens is 438 g/mol. The number of hydrogen-bond acceptors (Lipinski definition) is 10. The summed E-state index contributed by atoms with van der Waals surface area (Å²) in [5, 5.41) is 9.23. The van der Waals surface area contributed by atoms with Crippen molar-refractivity contribution in [3.8, 4) is 17.5 Å². The normalized spacial score (nSPS) is 10.4. The first-order valence-corrected chi connectivity index (χ1v) is 10.0. The molecule has 0 saturated heterocycles. The number of carbonyl (C=O) groups is 2. The topological polar surface area (TPSA) is 130 Å². The maximum Gasteiger partial charge on any atom is 0.320 e. The Morgan fingerprint density at radius 2 is 1.90 bits per heavy atom. The highest BCUT2D eigenvalue weighted by Gasteiger charge is 2.18. The van der Waals surface area contributed by atoms with Crippen LogP contribution in [0.2, 0.25) is 5.15 Å². The van der Waals surface area contributed by atoms with Crippen molar-refractivity contribution in [3.63, 3.8) is 0 Å². The summed E-state index contributed by atoms with van der Waals surface area (Å²) in [5.41, 5.74) is 1.26. The fourth-order valence-electron chi connectivity index (χ4n) is 2.32. The van der Waals surface area contributed by atoms with Crippen LogP contribution in [0.1, 0.15) is 24.5 Å². The molecule has 2 rings (SSSR count). The van der Waals surface area contributed by atoms with E-state index in [1.807, 2.05) is 6.92 Å². The molecule has 0 amide bonds. The van der Waals surface area contributed by atoms with Gasteiger partial charge in [0.15, 0.2) is 5.16 Å². The summed E-state index contributed by atoms with van der Waals surface area (Å²) in [6.45, 7) is 1.36. The maximum atomic E-state index is 11.4. The highest BCUT2D eigenvalue weighted by Crippen LogP contribution is 2.33. The average molecular weight is 458 g/mol. The van der Waals surface area contributed by atoms with Gasteiger partial charge in [-0.3, -0.25) is 9.59 Å². The lowest BCUT2D eigenvalue weighted by Gasteiger charge is -2.14. The number of carbonyl (C=O) groups excluding carboxylic acids is 1. The van der Waals surface area contributed by atoms with E-state index in [-0.39, 0.29) is 5.88 Å². The van der Waals surface area contributed by atoms with E-state index in [0.717, 1.165) is 0 Å². The van der Waals surface area contributed by atoms with Crippen LogP contribution in [-0.2, 0) is 26.5 Å². The highest BCUT2D eigenvalue weighted by molar-refractivity contribution is 7.98. The zero-order chi connectivity index (χ0) is 22.1. The van der Waals surface area contributed by atoms with E-state index in [2.05, 4.69) is 15.0 Å². The van der Waals surface area contributed by atoms with Gasteiger partial charge >= 0.3 is 11.9 Å². The SMILES string of the molecule is CCc1c(OC)nc(SCc2c(OC)ccnc2Cl)nc1OCOC(=O)CC(=O)O. The molecule has 12 heteroatoms. The van der Waals surface area contributed by atoms with Crippen LogP contribution in [0.5, 0.6) is 17.5 Å². The molecule has 2 aromatic rings. The van der Waals surface area contributed by atoms with Gasteiger partial charge < -0.3 is 24.1 Å². The fraction of sp³-hybridized carbons (Fsp3) is 0.389. The summed E-state index contributed by atoms with van der Waals surface area (Å²) >= 11 is 7.42. The third-order valence-electron chi connectivity index (χ3n) is 3.69. The number of carboxylic acid groups (broad SMARTS) is 1. The van der Waals surface area contributed by atoms with Crippen LogP contribution in [0, 0.1) is 0 Å². The Morgan fingerprint density at radius 1 is 1.17 bits per heavy atom. The molecule has 0 unspecified atom stereocenters. The molecule has 0 spiro atoms. The van der Waals surface area contributed by atoms with Gasteiger partial charge in [-0.2, -0.15) is 9.97 Å². The first-order chi connectivity index (χ1) is 14.4. The second kappa shape index (κ2) is 11.4. The number of carboxylic acids is 1. The maximum absolute atomic E-state index is 11.4. The molecule has 1 N–H and O–H groups in total. The van der Waals surface area contributed by atoms with Crippen molar-refractivity contribution in [1.82, 2.24) is 15.0 Å². The summed E-state index contributed by atoms with van der Waals surface area (Å²) in [5.74, 6) is -0.778. The standard InChI is InChI=1S/C18H20ClN3O7S/c1-4-10-16(27-3)21-18(22-17(10)29-9-28-14(25)7-13(23)24)30-8-11-12(26-2)5-6-20-15(11)19/h5-6H,4,7-9H2,1-3H3,(H,23,24). The van der Waals surface area contributed by atoms with Crippen molar-refractivity contribution in [3.05, 3.63) is 28.5 Å². The Hall–Kier alpha value is -2.79. The van der Waals surface area contributed by atoms with Gasteiger partial charge in [-0.15, -0.1) is 0 Å². The van der Waals surface area contributed by atoms with Gasteiger partial charge in [0.2, 0.25) is 18.6 Å². The molecular formula is C18H20ClN3O7S. The predicted octanol–water partition coefficient (Wildman–Crippen LogP) is 2.75. The molecule has 0 radical (unpaired) electrons. The van der Waals surface area contributed by atoms with E-state index >= 15 is 0 Å². The van der Waals surface area contributed by atoms with Crippen LogP contribution >= 0.6 is 23.4 Å². The van der Waals surface area contributed by atoms with Gasteiger partial charge in [-0.1, -0.05) is 30.3 Å². The number of pyridine rings is 1. The van der Waals surface area contributed by atoms with Crippen LogP contribution < -0.4 is 14.2 Å². The lowest BCUT2D eigenvalue weighted by molar-refractivity contribution is -0.156. The molecule has 0 saturated carbocycles. The van der Waals surface area contributed by atoms with Crippen molar-refractivity contribution < 1.29 is 33.6 Å². The monoisotopic (exact) mass is 457 g/mol. The molecule has 10 nitrogen and oxygen atoms in total. The largest absolute Gasteiger partial charge is 0.496 e. The third kappa shape index (κ3) is 6.36. The number of aliphatic carboxylic acids is 1. The van der Waals surface area contributed by atoms with Crippen LogP contribution in [-0.4, -0.2) is 53.0 Å². The third-order valence-corrected chi connectivity index (χ3v) is 4.89. The molecule has 0 atom stereocenters. The molecule has 2 aromatic heterocycles. The first kappa shape index (κ1) is 23.5. The zero-order valence-corrected chi connectivity index (χ0v) is 18.1. The number of aromatic nitrogens is 3. The predicted molar refractivity (Wildman–Crippen MR) is 107 cm³/mol. The average Bonchev–Trinajstić information content (AvgIpc) is 2.71. The number of esters is 1. The number of rotatable bonds is 11. The van der Waals surface area contributed by atoms with Crippen molar-refractivity contribution in [2.75, 3.05) is 21.0 Å². The van der Waals surface area contributed by atoms with Crippen LogP contribution in [0.25, 0.3) is 0 Å². The van der Waals surface area contributed by atoms with E-state index in [1.165, 1.54) is 26.0 Å². The number of halogens is 1. The molecule has 30 heavy (non-hydrogen) atoms. The van der Waals surface area contributed by atoms with Crippen LogP contribution in [0.3, 0.4) is 0 Å². The summed E-state index contributed by atoms with van der Waals surface area (Å²) in [6, 6.07) is 1.70. The Bertz CT molecular complexity index is 914. The van der Waals surface area contributed by atoms with E-state index in [1.54, 1.807) is 12.3 Å². The number of ether oxygens (including phenoxy) is 4. The van der Waals surface area contributed by atoms with Gasteiger partial charge in [0, 0.05) is 17.5 Å². The Kier molecular flexibility index (Phi) is 8.93. The molecule has 0 aliphatic rings. The second-order valence-corrected chi connectivity index (χ2v) is 6.87. The summed E-state index contributed by atoms with van der Waals surface area (Å²) in [7, 11) is 3.00. The summed E-state index contributed by atoms with van der Waals surface area (Å²) in [6.07, 6.45) is 1.28. The quantitative estimate of drug-likeness (QED) is 0.133. The molecule has 162 valence electrons. The number of methoxy groups -OCH3 is 2. The summed E-state index contributed by atoms with van der Waals surface area (Å²) in [4.78, 5) is 34.7. The highest BCUT2D eigenvalue weighted by atomic mass is 35.5. The van der Waals surface area contributed by atoms with Gasteiger partial charge in [-0.25, -0.2) is 4.98 Å². The van der Waals surface area contributed by atoms with Gasteiger partial charge in [0.25, 0.3) is 0 Å². The molecule has 0 aliphatic carbocycles. The minimum atomic E-state index is -1.29. The Labute approximate surface area is 181 Å². The van der Waals surface area contributed by atoms with Gasteiger partial charge in [0.1, 0.15) is 17.3 Å². The lowest BCUT2D eigenvalue weighted by atomic mass is 10.2. The van der Waals surface area contributed by atoms with Crippen molar-refractivity contribution in [1.29, 1.82) is 0 Å². The molecule has 0 aromatic carbocycles. The number of nitrogens with zero attached hydrogens (tertiary/aromatic N) is 3. The smallest absolute Gasteiger partial charge is 0.320 e. The minimum absolute atomic E-state index is 0.166. The molecule has 2 heterocycles. The minimum Gasteiger partial charge on any atom is -0.496 e. The Balaban J connectivity index is 2.18. The fourth-order valence-corrected chi connectivity index (χ4v) is 3.46. The van der Waals surface area contributed by atoms with Gasteiger partial charge in [-0.05, 0) is 12.5 Å².